The van der Waals surface area contributed by atoms with Crippen LogP contribution < -0.4 is 10.1 Å². The first-order valence-corrected chi connectivity index (χ1v) is 9.38. The van der Waals surface area contributed by atoms with E-state index in [1.807, 2.05) is 24.3 Å². The zero-order valence-corrected chi connectivity index (χ0v) is 15.9. The Morgan fingerprint density at radius 1 is 1.22 bits per heavy atom. The van der Waals surface area contributed by atoms with E-state index >= 15 is 0 Å². The van der Waals surface area contributed by atoms with Crippen molar-refractivity contribution in [2.45, 2.75) is 19.3 Å². The van der Waals surface area contributed by atoms with Gasteiger partial charge < -0.3 is 14.8 Å². The maximum atomic E-state index is 12.9. The van der Waals surface area contributed by atoms with Crippen molar-refractivity contribution in [3.8, 4) is 16.9 Å². The molecule has 142 valence electrons. The molecule has 1 aliphatic rings. The van der Waals surface area contributed by atoms with E-state index in [4.69, 9.17) is 9.47 Å². The van der Waals surface area contributed by atoms with E-state index < -0.39 is 5.41 Å². The standard InChI is InChI=1S/C23H27NO3/c1-3-13-24-22(25)23(11-14-27-15-12-23)17-18-7-6-8-19(16-18)20-9-4-5-10-21(20)26-2/h3-10,16H,1,11-15,17H2,2H3,(H,24,25). The van der Waals surface area contributed by atoms with Crippen molar-refractivity contribution in [1.29, 1.82) is 0 Å². The van der Waals surface area contributed by atoms with Crippen LogP contribution in [0.15, 0.2) is 61.2 Å². The molecule has 1 saturated heterocycles. The first-order chi connectivity index (χ1) is 13.2. The van der Waals surface area contributed by atoms with Gasteiger partial charge in [-0.1, -0.05) is 48.5 Å². The molecule has 27 heavy (non-hydrogen) atoms. The van der Waals surface area contributed by atoms with Gasteiger partial charge in [0.25, 0.3) is 0 Å². The first kappa shape index (κ1) is 19.2. The number of rotatable bonds is 7. The molecule has 0 aliphatic carbocycles. The Morgan fingerprint density at radius 2 is 2.00 bits per heavy atom. The van der Waals surface area contributed by atoms with Crippen molar-refractivity contribution in [2.24, 2.45) is 5.41 Å². The Morgan fingerprint density at radius 3 is 2.74 bits per heavy atom. The zero-order chi connectivity index (χ0) is 19.1. The first-order valence-electron chi connectivity index (χ1n) is 9.38. The summed E-state index contributed by atoms with van der Waals surface area (Å²) in [7, 11) is 1.68. The highest BCUT2D eigenvalue weighted by molar-refractivity contribution is 5.83. The molecule has 0 unspecified atom stereocenters. The summed E-state index contributed by atoms with van der Waals surface area (Å²) in [5.41, 5.74) is 2.87. The molecule has 0 radical (unpaired) electrons. The molecule has 4 heteroatoms. The normalized spacial score (nSPS) is 15.7. The molecule has 0 aromatic heterocycles. The monoisotopic (exact) mass is 365 g/mol. The second kappa shape index (κ2) is 8.87. The van der Waals surface area contributed by atoms with Gasteiger partial charge in [-0.3, -0.25) is 4.79 Å². The van der Waals surface area contributed by atoms with Gasteiger partial charge in [-0.2, -0.15) is 0 Å². The van der Waals surface area contributed by atoms with Crippen LogP contribution in [-0.2, 0) is 16.0 Å². The minimum Gasteiger partial charge on any atom is -0.496 e. The maximum absolute atomic E-state index is 12.9. The zero-order valence-electron chi connectivity index (χ0n) is 15.9. The van der Waals surface area contributed by atoms with Crippen LogP contribution in [0.5, 0.6) is 5.75 Å². The molecule has 1 amide bonds. The molecular weight excluding hydrogens is 338 g/mol. The third kappa shape index (κ3) is 4.40. The molecule has 4 nitrogen and oxygen atoms in total. The van der Waals surface area contributed by atoms with E-state index in [1.54, 1.807) is 13.2 Å². The van der Waals surface area contributed by atoms with Crippen LogP contribution in [0, 0.1) is 5.41 Å². The molecule has 1 fully saturated rings. The van der Waals surface area contributed by atoms with Gasteiger partial charge in [0, 0.05) is 25.3 Å². The lowest BCUT2D eigenvalue weighted by atomic mass is 9.74. The van der Waals surface area contributed by atoms with Gasteiger partial charge in [0.05, 0.1) is 12.5 Å². The number of hydrogen-bond donors (Lipinski definition) is 1. The maximum Gasteiger partial charge on any atom is 0.226 e. The van der Waals surface area contributed by atoms with Crippen LogP contribution in [0.1, 0.15) is 18.4 Å². The van der Waals surface area contributed by atoms with Crippen molar-refractivity contribution < 1.29 is 14.3 Å². The van der Waals surface area contributed by atoms with Gasteiger partial charge >= 0.3 is 0 Å². The van der Waals surface area contributed by atoms with Crippen LogP contribution >= 0.6 is 0 Å². The third-order valence-corrected chi connectivity index (χ3v) is 5.23. The van der Waals surface area contributed by atoms with Crippen LogP contribution in [0.25, 0.3) is 11.1 Å². The van der Waals surface area contributed by atoms with Crippen LogP contribution in [0.4, 0.5) is 0 Å². The summed E-state index contributed by atoms with van der Waals surface area (Å²) in [5, 5.41) is 3.00. The number of carbonyl (C=O) groups is 1. The molecular formula is C23H27NO3. The fourth-order valence-corrected chi connectivity index (χ4v) is 3.72. The Balaban J connectivity index is 1.89. The largest absolute Gasteiger partial charge is 0.496 e. The molecule has 2 aromatic rings. The van der Waals surface area contributed by atoms with Crippen molar-refractivity contribution in [3.63, 3.8) is 0 Å². The topological polar surface area (TPSA) is 47.6 Å². The van der Waals surface area contributed by atoms with Crippen molar-refractivity contribution in [2.75, 3.05) is 26.9 Å². The third-order valence-electron chi connectivity index (χ3n) is 5.23. The highest BCUT2D eigenvalue weighted by Gasteiger charge is 2.39. The Labute approximate surface area is 161 Å². The van der Waals surface area contributed by atoms with E-state index in [-0.39, 0.29) is 5.91 Å². The van der Waals surface area contributed by atoms with E-state index in [0.29, 0.717) is 26.2 Å². The molecule has 0 bridgehead atoms. The minimum absolute atomic E-state index is 0.0911. The van der Waals surface area contributed by atoms with Crippen LogP contribution in [-0.4, -0.2) is 32.8 Å². The Kier molecular flexibility index (Phi) is 6.30. The summed E-state index contributed by atoms with van der Waals surface area (Å²) >= 11 is 0. The van der Waals surface area contributed by atoms with Gasteiger partial charge in [-0.15, -0.1) is 6.58 Å². The van der Waals surface area contributed by atoms with E-state index in [2.05, 4.69) is 36.2 Å². The number of ether oxygens (including phenoxy) is 2. The average molecular weight is 365 g/mol. The van der Waals surface area contributed by atoms with E-state index in [0.717, 1.165) is 35.3 Å². The number of carbonyl (C=O) groups excluding carboxylic acids is 1. The summed E-state index contributed by atoms with van der Waals surface area (Å²) in [6.45, 7) is 5.42. The second-order valence-electron chi connectivity index (χ2n) is 6.97. The molecule has 0 spiro atoms. The smallest absolute Gasteiger partial charge is 0.226 e. The van der Waals surface area contributed by atoms with Crippen LogP contribution in [0.3, 0.4) is 0 Å². The van der Waals surface area contributed by atoms with Gasteiger partial charge in [0.15, 0.2) is 0 Å². The van der Waals surface area contributed by atoms with Crippen molar-refractivity contribution in [3.05, 3.63) is 66.7 Å². The average Bonchev–Trinajstić information content (AvgIpc) is 2.72. The second-order valence-corrected chi connectivity index (χ2v) is 6.97. The van der Waals surface area contributed by atoms with Crippen molar-refractivity contribution >= 4 is 5.91 Å². The number of methoxy groups -OCH3 is 1. The highest BCUT2D eigenvalue weighted by Crippen LogP contribution is 2.36. The SMILES string of the molecule is C=CCNC(=O)C1(Cc2cccc(-c3ccccc3OC)c2)CCOCC1. The number of hydrogen-bond acceptors (Lipinski definition) is 3. The lowest BCUT2D eigenvalue weighted by Crippen LogP contribution is -2.46. The minimum atomic E-state index is -0.430. The molecule has 0 saturated carbocycles. The molecule has 3 rings (SSSR count). The summed E-state index contributed by atoms with van der Waals surface area (Å²) in [5.74, 6) is 0.938. The Hall–Kier alpha value is -2.59. The fraction of sp³-hybridized carbons (Fsp3) is 0.348. The van der Waals surface area contributed by atoms with Gasteiger partial charge in [0.2, 0.25) is 5.91 Å². The predicted molar refractivity (Wildman–Crippen MR) is 108 cm³/mol. The van der Waals surface area contributed by atoms with Gasteiger partial charge in [-0.25, -0.2) is 0 Å². The Bertz CT molecular complexity index is 794. The number of para-hydroxylation sites is 1. The molecule has 2 aromatic carbocycles. The molecule has 1 N–H and O–H groups in total. The quantitative estimate of drug-likeness (QED) is 0.755. The highest BCUT2D eigenvalue weighted by atomic mass is 16.5. The fourth-order valence-electron chi connectivity index (χ4n) is 3.72. The molecule has 1 heterocycles. The predicted octanol–water partition coefficient (Wildman–Crippen LogP) is 4.00. The number of amides is 1. The lowest BCUT2D eigenvalue weighted by Gasteiger charge is -2.36. The van der Waals surface area contributed by atoms with Crippen molar-refractivity contribution in [1.82, 2.24) is 5.32 Å². The number of nitrogens with one attached hydrogen (secondary N) is 1. The molecule has 0 atom stereocenters. The van der Waals surface area contributed by atoms with E-state index in [9.17, 15) is 4.79 Å². The van der Waals surface area contributed by atoms with Crippen LogP contribution in [0.2, 0.25) is 0 Å². The molecule has 1 aliphatic heterocycles. The van der Waals surface area contributed by atoms with E-state index in [1.165, 1.54) is 0 Å². The summed E-state index contributed by atoms with van der Waals surface area (Å²) in [4.78, 5) is 12.9. The van der Waals surface area contributed by atoms with Gasteiger partial charge in [0.1, 0.15) is 5.75 Å². The summed E-state index contributed by atoms with van der Waals surface area (Å²) in [6.07, 6.45) is 3.87. The number of benzene rings is 2. The summed E-state index contributed by atoms with van der Waals surface area (Å²) < 4.78 is 11.0. The van der Waals surface area contributed by atoms with Gasteiger partial charge in [-0.05, 0) is 36.5 Å². The lowest BCUT2D eigenvalue weighted by molar-refractivity contribution is -0.136. The summed E-state index contributed by atoms with van der Waals surface area (Å²) in [6, 6.07) is 16.4.